The van der Waals surface area contributed by atoms with Crippen molar-refractivity contribution in [3.63, 3.8) is 0 Å². The highest BCUT2D eigenvalue weighted by atomic mass is 32.2. The topological polar surface area (TPSA) is 75.3 Å². The smallest absolute Gasteiger partial charge is 0.221 e. The van der Waals surface area contributed by atoms with Crippen LogP contribution in [0.25, 0.3) is 0 Å². The van der Waals surface area contributed by atoms with Crippen molar-refractivity contribution < 1.29 is 13.2 Å². The van der Waals surface area contributed by atoms with Crippen LogP contribution in [-0.2, 0) is 14.6 Å². The molecular formula is C10H20N2O3S. The third-order valence-electron chi connectivity index (χ3n) is 2.68. The molecule has 0 aromatic heterocycles. The van der Waals surface area contributed by atoms with E-state index in [1.165, 1.54) is 12.8 Å². The molecule has 6 heteroatoms. The molecule has 1 rings (SSSR count). The molecule has 1 saturated heterocycles. The van der Waals surface area contributed by atoms with Crippen molar-refractivity contribution in [2.75, 3.05) is 25.1 Å². The quantitative estimate of drug-likeness (QED) is 0.675. The molecule has 1 atom stereocenters. The molecule has 1 amide bonds. The summed E-state index contributed by atoms with van der Waals surface area (Å²) in [5.41, 5.74) is 0. The molecule has 16 heavy (non-hydrogen) atoms. The van der Waals surface area contributed by atoms with Crippen LogP contribution in [0.5, 0.6) is 0 Å². The highest BCUT2D eigenvalue weighted by Crippen LogP contribution is 2.07. The number of amides is 1. The lowest BCUT2D eigenvalue weighted by Gasteiger charge is -2.10. The normalized spacial score (nSPS) is 20.9. The van der Waals surface area contributed by atoms with Crippen molar-refractivity contribution in [2.45, 2.75) is 31.7 Å². The lowest BCUT2D eigenvalue weighted by Crippen LogP contribution is -2.31. The second kappa shape index (κ2) is 6.20. The minimum Gasteiger partial charge on any atom is -0.356 e. The highest BCUT2D eigenvalue weighted by molar-refractivity contribution is 7.90. The summed E-state index contributed by atoms with van der Waals surface area (Å²) in [7, 11) is -3.03. The zero-order valence-corrected chi connectivity index (χ0v) is 10.5. The van der Waals surface area contributed by atoms with Crippen LogP contribution in [0.1, 0.15) is 25.7 Å². The molecule has 0 aromatic carbocycles. The molecule has 1 fully saturated rings. The standard InChI is InChI=1S/C10H20N2O3S/c1-16(14,15)8-5-10(13)12-7-4-9-3-2-6-11-9/h9,11H,2-8H2,1H3,(H,12,13). The second-order valence-corrected chi connectivity index (χ2v) is 6.57. The van der Waals surface area contributed by atoms with Crippen LogP contribution in [0.2, 0.25) is 0 Å². The van der Waals surface area contributed by atoms with E-state index in [4.69, 9.17) is 0 Å². The van der Waals surface area contributed by atoms with Gasteiger partial charge in [-0.2, -0.15) is 0 Å². The first-order valence-electron chi connectivity index (χ1n) is 5.65. The predicted molar refractivity (Wildman–Crippen MR) is 63.0 cm³/mol. The van der Waals surface area contributed by atoms with E-state index in [1.54, 1.807) is 0 Å². The number of hydrogen-bond donors (Lipinski definition) is 2. The fraction of sp³-hybridized carbons (Fsp3) is 0.900. The first-order chi connectivity index (χ1) is 7.47. The number of carbonyl (C=O) groups is 1. The van der Waals surface area contributed by atoms with Crippen molar-refractivity contribution in [1.82, 2.24) is 10.6 Å². The van der Waals surface area contributed by atoms with Crippen LogP contribution in [0.4, 0.5) is 0 Å². The van der Waals surface area contributed by atoms with Crippen molar-refractivity contribution in [3.8, 4) is 0 Å². The van der Waals surface area contributed by atoms with Gasteiger partial charge in [0.15, 0.2) is 0 Å². The molecule has 0 aliphatic carbocycles. The van der Waals surface area contributed by atoms with Gasteiger partial charge in [-0.25, -0.2) is 8.42 Å². The molecule has 0 aromatic rings. The van der Waals surface area contributed by atoms with Crippen molar-refractivity contribution in [3.05, 3.63) is 0 Å². The Morgan fingerprint density at radius 1 is 1.50 bits per heavy atom. The second-order valence-electron chi connectivity index (χ2n) is 4.31. The average molecular weight is 248 g/mol. The van der Waals surface area contributed by atoms with Gasteiger partial charge >= 0.3 is 0 Å². The molecular weight excluding hydrogens is 228 g/mol. The summed E-state index contributed by atoms with van der Waals surface area (Å²) >= 11 is 0. The van der Waals surface area contributed by atoms with Crippen molar-refractivity contribution in [2.24, 2.45) is 0 Å². The molecule has 1 heterocycles. The van der Waals surface area contributed by atoms with E-state index in [2.05, 4.69) is 10.6 Å². The summed E-state index contributed by atoms with van der Waals surface area (Å²) in [5.74, 6) is -0.246. The highest BCUT2D eigenvalue weighted by Gasteiger charge is 2.14. The van der Waals surface area contributed by atoms with Crippen molar-refractivity contribution >= 4 is 15.7 Å². The predicted octanol–water partition coefficient (Wildman–Crippen LogP) is -0.321. The number of hydrogen-bond acceptors (Lipinski definition) is 4. The zero-order valence-electron chi connectivity index (χ0n) is 9.66. The Morgan fingerprint density at radius 2 is 2.25 bits per heavy atom. The fourth-order valence-corrected chi connectivity index (χ4v) is 2.31. The lowest BCUT2D eigenvalue weighted by atomic mass is 10.1. The molecule has 0 radical (unpaired) electrons. The van der Waals surface area contributed by atoms with E-state index >= 15 is 0 Å². The maximum absolute atomic E-state index is 11.3. The van der Waals surface area contributed by atoms with Gasteiger partial charge in [0.2, 0.25) is 5.91 Å². The maximum Gasteiger partial charge on any atom is 0.221 e. The van der Waals surface area contributed by atoms with Gasteiger partial charge in [0.25, 0.3) is 0 Å². The van der Waals surface area contributed by atoms with Crippen LogP contribution in [0.15, 0.2) is 0 Å². The number of carbonyl (C=O) groups excluding carboxylic acids is 1. The van der Waals surface area contributed by atoms with Crippen LogP contribution < -0.4 is 10.6 Å². The Bertz CT molecular complexity index is 321. The van der Waals surface area contributed by atoms with Crippen LogP contribution in [-0.4, -0.2) is 45.5 Å². The van der Waals surface area contributed by atoms with E-state index in [1.807, 2.05) is 0 Å². The molecule has 0 bridgehead atoms. The van der Waals surface area contributed by atoms with Crippen LogP contribution >= 0.6 is 0 Å². The van der Waals surface area contributed by atoms with Gasteiger partial charge in [-0.3, -0.25) is 4.79 Å². The van der Waals surface area contributed by atoms with Gasteiger partial charge in [-0.1, -0.05) is 0 Å². The van der Waals surface area contributed by atoms with E-state index in [9.17, 15) is 13.2 Å². The third-order valence-corrected chi connectivity index (χ3v) is 3.62. The van der Waals surface area contributed by atoms with E-state index < -0.39 is 9.84 Å². The SMILES string of the molecule is CS(=O)(=O)CCC(=O)NCCC1CCCN1. The summed E-state index contributed by atoms with van der Waals surface area (Å²) in [6.45, 7) is 1.69. The zero-order chi connectivity index (χ0) is 12.0. The number of sulfone groups is 1. The Labute approximate surface area is 96.9 Å². The fourth-order valence-electron chi connectivity index (χ4n) is 1.76. The van der Waals surface area contributed by atoms with Gasteiger partial charge in [-0.05, 0) is 25.8 Å². The van der Waals surface area contributed by atoms with E-state index in [0.29, 0.717) is 12.6 Å². The lowest BCUT2D eigenvalue weighted by molar-refractivity contribution is -0.120. The molecule has 94 valence electrons. The summed E-state index contributed by atoms with van der Waals surface area (Å²) in [6, 6.07) is 0.509. The van der Waals surface area contributed by atoms with Gasteiger partial charge in [-0.15, -0.1) is 0 Å². The Balaban J connectivity index is 2.06. The first-order valence-corrected chi connectivity index (χ1v) is 7.71. The number of nitrogens with one attached hydrogen (secondary N) is 2. The first kappa shape index (κ1) is 13.4. The molecule has 2 N–H and O–H groups in total. The van der Waals surface area contributed by atoms with E-state index in [0.717, 1.165) is 19.2 Å². The maximum atomic E-state index is 11.3. The van der Waals surface area contributed by atoms with Gasteiger partial charge in [0.1, 0.15) is 9.84 Å². The summed E-state index contributed by atoms with van der Waals surface area (Å²) in [5, 5.41) is 6.08. The van der Waals surface area contributed by atoms with Gasteiger partial charge in [0, 0.05) is 25.3 Å². The summed E-state index contributed by atoms with van der Waals surface area (Å²) in [4.78, 5) is 11.3. The molecule has 5 nitrogen and oxygen atoms in total. The van der Waals surface area contributed by atoms with Crippen LogP contribution in [0, 0.1) is 0 Å². The minimum atomic E-state index is -3.03. The summed E-state index contributed by atoms with van der Waals surface area (Å²) in [6.07, 6.45) is 4.50. The average Bonchev–Trinajstić information content (AvgIpc) is 2.66. The molecule has 0 saturated carbocycles. The minimum absolute atomic E-state index is 0.0664. The van der Waals surface area contributed by atoms with Crippen LogP contribution in [0.3, 0.4) is 0 Å². The van der Waals surface area contributed by atoms with Gasteiger partial charge in [0.05, 0.1) is 5.75 Å². The van der Waals surface area contributed by atoms with E-state index in [-0.39, 0.29) is 18.1 Å². The molecule has 1 aliphatic rings. The Kier molecular flexibility index (Phi) is 5.21. The largest absolute Gasteiger partial charge is 0.356 e. The van der Waals surface area contributed by atoms with Crippen molar-refractivity contribution in [1.29, 1.82) is 0 Å². The monoisotopic (exact) mass is 248 g/mol. The van der Waals surface area contributed by atoms with Gasteiger partial charge < -0.3 is 10.6 Å². The molecule has 1 unspecified atom stereocenters. The summed E-state index contributed by atoms with van der Waals surface area (Å²) < 4.78 is 21.7. The number of rotatable bonds is 6. The third kappa shape index (κ3) is 6.07. The Morgan fingerprint density at radius 3 is 2.81 bits per heavy atom. The Hall–Kier alpha value is -0.620. The molecule has 0 spiro atoms. The molecule has 1 aliphatic heterocycles.